The molecule has 0 aromatic heterocycles. The van der Waals surface area contributed by atoms with Gasteiger partial charge in [0.05, 0.1) is 11.6 Å². The minimum absolute atomic E-state index is 0.233. The zero-order valence-corrected chi connectivity index (χ0v) is 17.2. The van der Waals surface area contributed by atoms with Crippen molar-refractivity contribution < 1.29 is 23.9 Å². The average Bonchev–Trinajstić information content (AvgIpc) is 2.67. The quantitative estimate of drug-likeness (QED) is 0.729. The van der Waals surface area contributed by atoms with Crippen LogP contribution in [0.2, 0.25) is 0 Å². The molecule has 0 atom stereocenters. The number of ether oxygens (including phenoxy) is 2. The van der Waals surface area contributed by atoms with Crippen molar-refractivity contribution in [3.05, 3.63) is 59.2 Å². The minimum Gasteiger partial charge on any atom is -0.482 e. The molecule has 0 unspecified atom stereocenters. The van der Waals surface area contributed by atoms with Gasteiger partial charge in [0.2, 0.25) is 0 Å². The predicted octanol–water partition coefficient (Wildman–Crippen LogP) is 3.55. The van der Waals surface area contributed by atoms with E-state index in [4.69, 9.17) is 14.7 Å². The fourth-order valence-corrected chi connectivity index (χ4v) is 2.40. The van der Waals surface area contributed by atoms with Gasteiger partial charge >= 0.3 is 12.0 Å². The van der Waals surface area contributed by atoms with Gasteiger partial charge in [-0.1, -0.05) is 0 Å². The second kappa shape index (κ2) is 9.56. The summed E-state index contributed by atoms with van der Waals surface area (Å²) in [6.07, 6.45) is 0. The van der Waals surface area contributed by atoms with E-state index < -0.39 is 23.5 Å². The summed E-state index contributed by atoms with van der Waals surface area (Å²) in [5.41, 5.74) is 1.24. The molecule has 156 valence electrons. The SMILES string of the molecule is Cc1cc(OCC(=O)OC(C)(C)C)ccc1NC(=O)NC(=O)c1ccc(C#N)cc1. The second-order valence-corrected chi connectivity index (χ2v) is 7.45. The number of esters is 1. The Bertz CT molecular complexity index is 985. The molecule has 30 heavy (non-hydrogen) atoms. The lowest BCUT2D eigenvalue weighted by atomic mass is 10.1. The molecule has 2 aromatic carbocycles. The Morgan fingerprint density at radius 1 is 1.07 bits per heavy atom. The molecule has 0 aliphatic carbocycles. The topological polar surface area (TPSA) is 118 Å². The summed E-state index contributed by atoms with van der Waals surface area (Å²) in [6.45, 7) is 6.83. The number of nitrogens with one attached hydrogen (secondary N) is 2. The highest BCUT2D eigenvalue weighted by molar-refractivity contribution is 6.08. The van der Waals surface area contributed by atoms with Crippen LogP contribution in [0.25, 0.3) is 0 Å². The van der Waals surface area contributed by atoms with Crippen molar-refractivity contribution in [1.82, 2.24) is 5.32 Å². The highest BCUT2D eigenvalue weighted by Gasteiger charge is 2.17. The minimum atomic E-state index is -0.699. The van der Waals surface area contributed by atoms with E-state index in [-0.39, 0.29) is 12.2 Å². The van der Waals surface area contributed by atoms with Crippen molar-refractivity contribution in [2.75, 3.05) is 11.9 Å². The van der Waals surface area contributed by atoms with E-state index in [0.717, 1.165) is 0 Å². The summed E-state index contributed by atoms with van der Waals surface area (Å²) >= 11 is 0. The van der Waals surface area contributed by atoms with Crippen LogP contribution >= 0.6 is 0 Å². The number of nitrogens with zero attached hydrogens (tertiary/aromatic N) is 1. The highest BCUT2D eigenvalue weighted by atomic mass is 16.6. The van der Waals surface area contributed by atoms with Gasteiger partial charge in [-0.15, -0.1) is 0 Å². The van der Waals surface area contributed by atoms with E-state index in [1.165, 1.54) is 24.3 Å². The molecular formula is C22H23N3O5. The van der Waals surface area contributed by atoms with Crippen LogP contribution in [-0.2, 0) is 9.53 Å². The number of hydrogen-bond acceptors (Lipinski definition) is 6. The van der Waals surface area contributed by atoms with Crippen LogP contribution in [-0.4, -0.2) is 30.1 Å². The smallest absolute Gasteiger partial charge is 0.344 e. The van der Waals surface area contributed by atoms with Crippen LogP contribution in [0.5, 0.6) is 5.75 Å². The molecule has 0 fully saturated rings. The molecule has 3 amide bonds. The first-order valence-corrected chi connectivity index (χ1v) is 9.15. The van der Waals surface area contributed by atoms with E-state index >= 15 is 0 Å². The third-order valence-electron chi connectivity index (χ3n) is 3.73. The molecule has 0 saturated carbocycles. The molecule has 2 N–H and O–H groups in total. The molecule has 8 nitrogen and oxygen atoms in total. The molecule has 0 aliphatic rings. The molecule has 0 bridgehead atoms. The number of anilines is 1. The van der Waals surface area contributed by atoms with Crippen LogP contribution in [0.4, 0.5) is 10.5 Å². The van der Waals surface area contributed by atoms with Crippen molar-refractivity contribution in [2.24, 2.45) is 0 Å². The fourth-order valence-electron chi connectivity index (χ4n) is 2.40. The summed E-state index contributed by atoms with van der Waals surface area (Å²) in [6, 6.07) is 12.0. The van der Waals surface area contributed by atoms with Gasteiger partial charge in [0, 0.05) is 11.3 Å². The summed E-state index contributed by atoms with van der Waals surface area (Å²) in [7, 11) is 0. The van der Waals surface area contributed by atoms with E-state index in [1.54, 1.807) is 45.9 Å². The maximum absolute atomic E-state index is 12.1. The summed E-state index contributed by atoms with van der Waals surface area (Å²) in [5.74, 6) is -0.631. The molecule has 0 radical (unpaired) electrons. The molecular weight excluding hydrogens is 386 g/mol. The third-order valence-corrected chi connectivity index (χ3v) is 3.73. The number of urea groups is 1. The number of nitriles is 1. The van der Waals surface area contributed by atoms with E-state index in [0.29, 0.717) is 22.6 Å². The first kappa shape index (κ1) is 22.4. The highest BCUT2D eigenvalue weighted by Crippen LogP contribution is 2.21. The Morgan fingerprint density at radius 2 is 1.73 bits per heavy atom. The number of benzene rings is 2. The second-order valence-electron chi connectivity index (χ2n) is 7.45. The van der Waals surface area contributed by atoms with Crippen molar-refractivity contribution in [3.8, 4) is 11.8 Å². The van der Waals surface area contributed by atoms with Gasteiger partial charge < -0.3 is 14.8 Å². The van der Waals surface area contributed by atoms with Gasteiger partial charge in [0.1, 0.15) is 11.4 Å². The number of carbonyl (C=O) groups is 3. The summed E-state index contributed by atoms with van der Waals surface area (Å²) < 4.78 is 10.6. The molecule has 0 saturated heterocycles. The number of rotatable bonds is 5. The largest absolute Gasteiger partial charge is 0.482 e. The monoisotopic (exact) mass is 409 g/mol. The number of imide groups is 1. The molecule has 8 heteroatoms. The van der Waals surface area contributed by atoms with Crippen LogP contribution in [0.15, 0.2) is 42.5 Å². The molecule has 2 aromatic rings. The van der Waals surface area contributed by atoms with Gasteiger partial charge in [-0.2, -0.15) is 5.26 Å². The zero-order chi connectivity index (χ0) is 22.3. The van der Waals surface area contributed by atoms with Crippen LogP contribution in [0.3, 0.4) is 0 Å². The maximum Gasteiger partial charge on any atom is 0.344 e. The lowest BCUT2D eigenvalue weighted by Crippen LogP contribution is -2.34. The van der Waals surface area contributed by atoms with E-state index in [1.807, 2.05) is 6.07 Å². The molecule has 0 spiro atoms. The summed E-state index contributed by atoms with van der Waals surface area (Å²) in [4.78, 5) is 36.0. The fraction of sp³-hybridized carbons (Fsp3) is 0.273. The normalized spacial score (nSPS) is 10.5. The van der Waals surface area contributed by atoms with E-state index in [9.17, 15) is 14.4 Å². The number of aryl methyl sites for hydroxylation is 1. The van der Waals surface area contributed by atoms with E-state index in [2.05, 4.69) is 10.6 Å². The Labute approximate surface area is 174 Å². The van der Waals surface area contributed by atoms with Crippen molar-refractivity contribution in [2.45, 2.75) is 33.3 Å². The van der Waals surface area contributed by atoms with Crippen LogP contribution < -0.4 is 15.4 Å². The van der Waals surface area contributed by atoms with Gasteiger partial charge in [-0.05, 0) is 75.7 Å². The lowest BCUT2D eigenvalue weighted by molar-refractivity contribution is -0.157. The number of amides is 3. The first-order valence-electron chi connectivity index (χ1n) is 9.15. The predicted molar refractivity (Wildman–Crippen MR) is 110 cm³/mol. The average molecular weight is 409 g/mol. The first-order chi connectivity index (χ1) is 14.1. The standard InChI is InChI=1S/C22H23N3O5/c1-14-11-17(29-13-19(26)30-22(2,3)4)9-10-18(14)24-21(28)25-20(27)16-7-5-15(12-23)6-8-16/h5-11H,13H2,1-4H3,(H2,24,25,27,28). The van der Waals surface area contributed by atoms with Gasteiger partial charge in [0.25, 0.3) is 5.91 Å². The molecule has 0 heterocycles. The third kappa shape index (κ3) is 6.95. The lowest BCUT2D eigenvalue weighted by Gasteiger charge is -2.19. The van der Waals surface area contributed by atoms with Crippen LogP contribution in [0.1, 0.15) is 42.3 Å². The van der Waals surface area contributed by atoms with Crippen molar-refractivity contribution in [1.29, 1.82) is 5.26 Å². The number of carbonyl (C=O) groups excluding carboxylic acids is 3. The Balaban J connectivity index is 1.91. The molecule has 2 rings (SSSR count). The summed E-state index contributed by atoms with van der Waals surface area (Å²) in [5, 5.41) is 13.6. The Morgan fingerprint density at radius 3 is 2.30 bits per heavy atom. The van der Waals surface area contributed by atoms with Gasteiger partial charge in [-0.25, -0.2) is 9.59 Å². The van der Waals surface area contributed by atoms with Gasteiger partial charge in [0.15, 0.2) is 6.61 Å². The van der Waals surface area contributed by atoms with Crippen LogP contribution in [0, 0.1) is 18.3 Å². The van der Waals surface area contributed by atoms with Gasteiger partial charge in [-0.3, -0.25) is 10.1 Å². The van der Waals surface area contributed by atoms with Crippen molar-refractivity contribution >= 4 is 23.6 Å². The Hall–Kier alpha value is -3.86. The zero-order valence-electron chi connectivity index (χ0n) is 17.2. The number of hydrogen-bond donors (Lipinski definition) is 2. The molecule has 0 aliphatic heterocycles. The maximum atomic E-state index is 12.1. The van der Waals surface area contributed by atoms with Crippen molar-refractivity contribution in [3.63, 3.8) is 0 Å². The Kier molecular flexibility index (Phi) is 7.15.